The number of alkyl halides is 1. The third kappa shape index (κ3) is 2.60. The van der Waals surface area contributed by atoms with Crippen molar-refractivity contribution in [3.05, 3.63) is 69.3 Å². The first-order valence-corrected chi connectivity index (χ1v) is 7.25. The molecule has 2 aromatic rings. The highest BCUT2D eigenvalue weighted by molar-refractivity contribution is 6.49. The molecule has 0 aliphatic heterocycles. The van der Waals surface area contributed by atoms with Gasteiger partial charge in [0, 0.05) is 5.56 Å². The van der Waals surface area contributed by atoms with Crippen molar-refractivity contribution < 1.29 is 62.4 Å². The van der Waals surface area contributed by atoms with Crippen molar-refractivity contribution >= 4 is 12.9 Å². The van der Waals surface area contributed by atoms with Gasteiger partial charge in [-0.05, 0) is 0 Å². The molecular weight excluding hydrogens is 451 g/mol. The second-order valence-corrected chi connectivity index (χ2v) is 5.71. The lowest BCUT2D eigenvalue weighted by Crippen LogP contribution is -2.45. The fourth-order valence-electron chi connectivity index (χ4n) is 2.67. The van der Waals surface area contributed by atoms with E-state index in [-0.39, 0.29) is 0 Å². The highest BCUT2D eigenvalue weighted by Gasteiger charge is 2.63. The van der Waals surface area contributed by atoms with E-state index < -0.39 is 93.6 Å². The smallest absolute Gasteiger partial charge is 0.529 e. The Hall–Kier alpha value is -2.84. The van der Waals surface area contributed by atoms with E-state index in [0.717, 1.165) is 0 Å². The van der Waals surface area contributed by atoms with Crippen molar-refractivity contribution in [3.8, 4) is 5.75 Å². The fraction of sp³-hybridized carbons (Fsp3) is 0.0667. The van der Waals surface area contributed by atoms with Gasteiger partial charge in [0.05, 0.1) is 5.56 Å². The lowest BCUT2D eigenvalue weighted by Gasteiger charge is -2.24. The molecule has 1 aliphatic carbocycles. The van der Waals surface area contributed by atoms with Gasteiger partial charge in [-0.2, -0.15) is 8.78 Å². The van der Waals surface area contributed by atoms with E-state index in [9.17, 15) is 53.3 Å². The number of benzene rings is 2. The summed E-state index contributed by atoms with van der Waals surface area (Å²) in [6.45, 7) is 0. The van der Waals surface area contributed by atoms with Gasteiger partial charge < -0.3 is 9.68 Å². The van der Waals surface area contributed by atoms with Crippen LogP contribution in [0.15, 0.2) is 5.83 Å². The van der Waals surface area contributed by atoms with Crippen LogP contribution < -0.4 is 4.65 Å². The molecule has 2 aromatic carbocycles. The van der Waals surface area contributed by atoms with Gasteiger partial charge in [0.2, 0.25) is 34.7 Å². The largest absolute Gasteiger partial charge is 0.575 e. The van der Waals surface area contributed by atoms with Crippen LogP contribution in [0.3, 0.4) is 0 Å². The Morgan fingerprint density at radius 2 is 1.00 bits per heavy atom. The van der Waals surface area contributed by atoms with Crippen LogP contribution in [0.2, 0.25) is 0 Å². The van der Waals surface area contributed by atoms with Crippen molar-refractivity contribution in [1.29, 1.82) is 0 Å². The van der Waals surface area contributed by atoms with Gasteiger partial charge in [-0.1, -0.05) is 0 Å². The Morgan fingerprint density at radius 3 is 1.50 bits per heavy atom. The topological polar surface area (TPSA) is 29.5 Å². The molecule has 0 radical (unpaired) electrons. The molecule has 0 spiro atoms. The number of halogens is 12. The highest BCUT2D eigenvalue weighted by atomic mass is 19.2. The molecule has 0 aromatic heterocycles. The molecule has 160 valence electrons. The van der Waals surface area contributed by atoms with Crippen molar-refractivity contribution in [2.75, 3.05) is 0 Å². The van der Waals surface area contributed by atoms with E-state index in [1.165, 1.54) is 0 Å². The van der Waals surface area contributed by atoms with Crippen LogP contribution in [-0.4, -0.2) is 12.1 Å². The second-order valence-electron chi connectivity index (χ2n) is 5.71. The van der Waals surface area contributed by atoms with E-state index in [1.807, 2.05) is 0 Å². The van der Waals surface area contributed by atoms with Crippen LogP contribution in [0, 0.1) is 52.4 Å². The zero-order chi connectivity index (χ0) is 22.9. The molecule has 3 rings (SSSR count). The molecule has 1 unspecified atom stereocenters. The van der Waals surface area contributed by atoms with E-state index >= 15 is 4.39 Å². The van der Waals surface area contributed by atoms with Gasteiger partial charge in [0.25, 0.3) is 0 Å². The average Bonchev–Trinajstić information content (AvgIpc) is 2.92. The van der Waals surface area contributed by atoms with Crippen LogP contribution >= 0.6 is 0 Å². The minimum Gasteiger partial charge on any atom is -0.529 e. The van der Waals surface area contributed by atoms with Gasteiger partial charge in [0.1, 0.15) is 0 Å². The quantitative estimate of drug-likeness (QED) is 0.313. The summed E-state index contributed by atoms with van der Waals surface area (Å²) in [5.74, 6) is -32.6. The van der Waals surface area contributed by atoms with Gasteiger partial charge in [-0.3, -0.25) is 0 Å². The van der Waals surface area contributed by atoms with Crippen molar-refractivity contribution in [2.45, 2.75) is 5.57 Å². The maximum absolute atomic E-state index is 15.1. The summed E-state index contributed by atoms with van der Waals surface area (Å²) >= 11 is 0. The van der Waals surface area contributed by atoms with Crippen molar-refractivity contribution in [2.24, 2.45) is 0 Å². The SMILES string of the molecule is OB(Oc1c(F)c(F)c(F)c(F)c1F)C1(F)C(F)=C(F)c2c(F)c(F)c(F)c(F)c21. The maximum Gasteiger partial charge on any atom is 0.575 e. The molecule has 0 saturated carbocycles. The minimum absolute atomic E-state index is 2.17. The summed E-state index contributed by atoms with van der Waals surface area (Å²) in [4.78, 5) is 0. The van der Waals surface area contributed by atoms with Gasteiger partial charge in [-0.25, -0.2) is 43.9 Å². The predicted octanol–water partition coefficient (Wildman–Crippen LogP) is 4.82. The molecule has 30 heavy (non-hydrogen) atoms. The third-order valence-electron chi connectivity index (χ3n) is 4.10. The first-order valence-electron chi connectivity index (χ1n) is 7.25. The minimum atomic E-state index is -4.82. The fourth-order valence-corrected chi connectivity index (χ4v) is 2.67. The Morgan fingerprint density at radius 1 is 0.600 bits per heavy atom. The van der Waals surface area contributed by atoms with E-state index in [0.29, 0.717) is 0 Å². The van der Waals surface area contributed by atoms with Crippen LogP contribution in [0.5, 0.6) is 5.75 Å². The number of allylic oxidation sites excluding steroid dienone is 1. The molecule has 1 N–H and O–H groups in total. The van der Waals surface area contributed by atoms with E-state index in [1.54, 1.807) is 0 Å². The molecule has 1 aliphatic rings. The van der Waals surface area contributed by atoms with Crippen LogP contribution in [0.1, 0.15) is 11.1 Å². The molecule has 0 amide bonds. The maximum atomic E-state index is 15.1. The monoisotopic (exact) mass is 452 g/mol. The molecule has 1 atom stereocenters. The first kappa shape index (κ1) is 21.9. The average molecular weight is 452 g/mol. The first-order chi connectivity index (χ1) is 13.8. The standard InChI is InChI=1S/C15HBF12O2/c17-3-1-2(5(19)7(21)6(3)20)15(28,14(27)4(1)18)16(29)30-13-11(25)9(23)8(22)10(24)12(13)26/h29H. The lowest BCUT2D eigenvalue weighted by molar-refractivity contribution is 0.199. The van der Waals surface area contributed by atoms with Gasteiger partial charge in [-0.15, -0.1) is 0 Å². The zero-order valence-corrected chi connectivity index (χ0v) is 13.5. The van der Waals surface area contributed by atoms with Crippen LogP contribution in [-0.2, 0) is 5.57 Å². The van der Waals surface area contributed by atoms with E-state index in [2.05, 4.69) is 4.65 Å². The molecule has 0 saturated heterocycles. The summed E-state index contributed by atoms with van der Waals surface area (Å²) in [6, 6.07) is 0. The van der Waals surface area contributed by atoms with Crippen molar-refractivity contribution in [1.82, 2.24) is 0 Å². The van der Waals surface area contributed by atoms with Crippen molar-refractivity contribution in [3.63, 3.8) is 0 Å². The Balaban J connectivity index is 2.22. The molecule has 0 bridgehead atoms. The number of hydrogen-bond acceptors (Lipinski definition) is 2. The Labute approximate surface area is 157 Å². The molecule has 0 fully saturated rings. The van der Waals surface area contributed by atoms with Gasteiger partial charge in [0.15, 0.2) is 40.7 Å². The number of rotatable bonds is 3. The normalized spacial score (nSPS) is 18.2. The third-order valence-corrected chi connectivity index (χ3v) is 4.10. The summed E-state index contributed by atoms with van der Waals surface area (Å²) in [5, 5.41) is 9.66. The predicted molar refractivity (Wildman–Crippen MR) is 73.0 cm³/mol. The van der Waals surface area contributed by atoms with Crippen LogP contribution in [0.25, 0.3) is 5.83 Å². The molecular formula is C15HBF12O2. The lowest BCUT2D eigenvalue weighted by atomic mass is 9.65. The second kappa shape index (κ2) is 6.85. The number of fused-ring (bicyclic) bond motifs is 1. The Bertz CT molecular complexity index is 1100. The zero-order valence-electron chi connectivity index (χ0n) is 13.5. The molecule has 0 heterocycles. The molecule has 2 nitrogen and oxygen atoms in total. The summed E-state index contributed by atoms with van der Waals surface area (Å²) in [6.07, 6.45) is 0. The summed E-state index contributed by atoms with van der Waals surface area (Å²) in [5.41, 5.74) is -9.35. The number of hydrogen-bond donors (Lipinski definition) is 1. The summed E-state index contributed by atoms with van der Waals surface area (Å²) in [7, 11) is -3.88. The van der Waals surface area contributed by atoms with E-state index in [4.69, 9.17) is 0 Å². The Kier molecular flexibility index (Phi) is 5.00. The molecule has 15 heteroatoms. The van der Waals surface area contributed by atoms with Gasteiger partial charge >= 0.3 is 7.12 Å². The summed E-state index contributed by atoms with van der Waals surface area (Å²) < 4.78 is 168. The van der Waals surface area contributed by atoms with Crippen LogP contribution in [0.4, 0.5) is 52.7 Å². The highest BCUT2D eigenvalue weighted by Crippen LogP contribution is 2.53.